The molecule has 0 aromatic carbocycles. The Bertz CT molecular complexity index is 2080. The molecule has 0 aromatic heterocycles. The average Bonchev–Trinajstić information content (AvgIpc) is 0.899. The molecule has 0 saturated carbocycles. The van der Waals surface area contributed by atoms with Gasteiger partial charge in [-0.1, -0.05) is 409 Å². The third kappa shape index (κ3) is 80.5. The van der Waals surface area contributed by atoms with Crippen LogP contribution < -0.4 is 0 Å². The van der Waals surface area contributed by atoms with E-state index in [9.17, 15) is 43.2 Å². The second-order valence-electron chi connectivity index (χ2n) is 33.3. The molecule has 17 nitrogen and oxygen atoms in total. The molecule has 0 aliphatic heterocycles. The van der Waals surface area contributed by atoms with Gasteiger partial charge in [-0.3, -0.25) is 37.3 Å². The summed E-state index contributed by atoms with van der Waals surface area (Å²) < 4.78 is 68.9. The van der Waals surface area contributed by atoms with Gasteiger partial charge in [0.05, 0.1) is 26.4 Å². The zero-order valence-electron chi connectivity index (χ0n) is 70.8. The van der Waals surface area contributed by atoms with E-state index in [1.165, 1.54) is 257 Å². The summed E-state index contributed by atoms with van der Waals surface area (Å²) in [4.78, 5) is 73.2. The van der Waals surface area contributed by atoms with Crippen LogP contribution in [0, 0.1) is 23.7 Å². The Morgan fingerprint density at radius 1 is 0.262 bits per heavy atom. The summed E-state index contributed by atoms with van der Waals surface area (Å²) in [6, 6.07) is 0. The van der Waals surface area contributed by atoms with E-state index in [-0.39, 0.29) is 25.7 Å². The third-order valence-electron chi connectivity index (χ3n) is 20.9. The Balaban J connectivity index is 5.18. The fourth-order valence-electron chi connectivity index (χ4n) is 13.6. The molecule has 3 N–H and O–H groups in total. The Labute approximate surface area is 658 Å². The van der Waals surface area contributed by atoms with Crippen molar-refractivity contribution in [1.82, 2.24) is 0 Å². The summed E-state index contributed by atoms with van der Waals surface area (Å²) in [6.07, 6.45) is 66.9. The maximum Gasteiger partial charge on any atom is 0.472 e. The van der Waals surface area contributed by atoms with Gasteiger partial charge < -0.3 is 33.8 Å². The highest BCUT2D eigenvalue weighted by Gasteiger charge is 2.31. The molecule has 0 heterocycles. The van der Waals surface area contributed by atoms with E-state index in [0.29, 0.717) is 31.6 Å². The molecule has 0 aliphatic carbocycles. The van der Waals surface area contributed by atoms with Crippen LogP contribution in [0.4, 0.5) is 0 Å². The number of carbonyl (C=O) groups excluding carboxylic acids is 4. The molecule has 0 spiro atoms. The van der Waals surface area contributed by atoms with Crippen LogP contribution in [-0.4, -0.2) is 96.7 Å². The van der Waals surface area contributed by atoms with Crippen LogP contribution in [0.3, 0.4) is 0 Å². The van der Waals surface area contributed by atoms with Crippen molar-refractivity contribution >= 4 is 39.5 Å². The molecule has 0 radical (unpaired) electrons. The minimum Gasteiger partial charge on any atom is -0.462 e. The number of hydrogen-bond donors (Lipinski definition) is 3. The van der Waals surface area contributed by atoms with E-state index in [0.717, 1.165) is 114 Å². The number of esters is 4. The van der Waals surface area contributed by atoms with Crippen molar-refractivity contribution in [1.29, 1.82) is 0 Å². The van der Waals surface area contributed by atoms with E-state index >= 15 is 0 Å². The van der Waals surface area contributed by atoms with Gasteiger partial charge in [0.1, 0.15) is 19.3 Å². The minimum atomic E-state index is -4.97. The van der Waals surface area contributed by atoms with E-state index < -0.39 is 97.5 Å². The molecule has 19 heteroatoms. The molecule has 0 aromatic rings. The number of phosphoric acid groups is 2. The first kappa shape index (κ1) is 105. The normalized spacial score (nSPS) is 14.1. The maximum atomic E-state index is 13.1. The van der Waals surface area contributed by atoms with Gasteiger partial charge in [-0.05, 0) is 49.4 Å². The zero-order chi connectivity index (χ0) is 78.8. The van der Waals surface area contributed by atoms with E-state index in [2.05, 4.69) is 55.4 Å². The lowest BCUT2D eigenvalue weighted by Crippen LogP contribution is -2.30. The first-order valence-electron chi connectivity index (χ1n) is 45.2. The largest absolute Gasteiger partial charge is 0.472 e. The number of aliphatic hydroxyl groups is 1. The summed E-state index contributed by atoms with van der Waals surface area (Å²) in [5.41, 5.74) is 0. The molecular weight excluding hydrogens is 1390 g/mol. The van der Waals surface area contributed by atoms with Crippen molar-refractivity contribution < 1.29 is 80.2 Å². The molecule has 107 heavy (non-hydrogen) atoms. The fourth-order valence-corrected chi connectivity index (χ4v) is 15.2. The van der Waals surface area contributed by atoms with Gasteiger partial charge in [-0.15, -0.1) is 0 Å². The van der Waals surface area contributed by atoms with Crippen molar-refractivity contribution in [3.63, 3.8) is 0 Å². The van der Waals surface area contributed by atoms with E-state index in [4.69, 9.17) is 37.0 Å². The molecule has 0 saturated heterocycles. The average molecular weight is 1560 g/mol. The monoisotopic (exact) mass is 1560 g/mol. The number of ether oxygens (including phenoxy) is 4. The molecule has 6 atom stereocenters. The highest BCUT2D eigenvalue weighted by Crippen LogP contribution is 2.45. The van der Waals surface area contributed by atoms with Crippen molar-refractivity contribution in [2.45, 2.75) is 478 Å². The minimum absolute atomic E-state index is 0.107. The van der Waals surface area contributed by atoms with Gasteiger partial charge in [0.2, 0.25) is 0 Å². The van der Waals surface area contributed by atoms with Crippen molar-refractivity contribution in [2.75, 3.05) is 39.6 Å². The van der Waals surface area contributed by atoms with Crippen molar-refractivity contribution in [3.05, 3.63) is 0 Å². The van der Waals surface area contributed by atoms with Crippen LogP contribution in [0.1, 0.15) is 460 Å². The number of hydrogen-bond acceptors (Lipinski definition) is 15. The lowest BCUT2D eigenvalue weighted by molar-refractivity contribution is -0.161. The standard InChI is InChI=1S/C88H172O17P2/c1-9-81(8)67-59-51-42-36-30-23-19-15-11-13-17-21-25-33-39-45-54-62-70-87(92)104-83(74-98-85(90)68-60-52-43-37-31-27-26-29-35-41-49-57-65-79(4)5)76-102-106(94,95)100-72-82(89)73-101-107(96,97)103-77-84(75-99-86(91)69-61-53-47-46-50-58-66-80(6)7)105-88(93)71-63-55-44-38-32-24-20-16-12-10-14-18-22-28-34-40-48-56-64-78(2)3/h78-84,89H,9-77H2,1-8H3,(H,94,95)(H,96,97)/t81?,82?,83-,84-/m1/s1. The van der Waals surface area contributed by atoms with Crippen LogP contribution in [0.5, 0.6) is 0 Å². The van der Waals surface area contributed by atoms with Gasteiger partial charge in [0, 0.05) is 25.7 Å². The predicted octanol–water partition coefficient (Wildman–Crippen LogP) is 26.7. The molecule has 4 unspecified atom stereocenters. The summed E-state index contributed by atoms with van der Waals surface area (Å²) in [5.74, 6) is 1.04. The summed E-state index contributed by atoms with van der Waals surface area (Å²) in [7, 11) is -9.93. The third-order valence-corrected chi connectivity index (χ3v) is 22.8. The lowest BCUT2D eigenvalue weighted by Gasteiger charge is -2.21. The number of aliphatic hydroxyl groups excluding tert-OH is 1. The zero-order valence-corrected chi connectivity index (χ0v) is 72.6. The summed E-state index contributed by atoms with van der Waals surface area (Å²) in [6.45, 7) is 14.3. The van der Waals surface area contributed by atoms with E-state index in [1.54, 1.807) is 0 Å². The van der Waals surface area contributed by atoms with Gasteiger partial charge in [0.15, 0.2) is 12.2 Å². The van der Waals surface area contributed by atoms with Gasteiger partial charge in [0.25, 0.3) is 0 Å². The van der Waals surface area contributed by atoms with E-state index in [1.807, 2.05) is 0 Å². The van der Waals surface area contributed by atoms with Crippen molar-refractivity contribution in [2.24, 2.45) is 23.7 Å². The maximum absolute atomic E-state index is 13.1. The van der Waals surface area contributed by atoms with Gasteiger partial charge >= 0.3 is 39.5 Å². The van der Waals surface area contributed by atoms with Crippen LogP contribution >= 0.6 is 15.6 Å². The molecule has 0 rings (SSSR count). The Morgan fingerprint density at radius 3 is 0.664 bits per heavy atom. The van der Waals surface area contributed by atoms with Crippen LogP contribution in [-0.2, 0) is 65.4 Å². The number of unbranched alkanes of at least 4 members (excludes halogenated alkanes) is 50. The molecule has 0 bridgehead atoms. The first-order valence-corrected chi connectivity index (χ1v) is 48.2. The Kier molecular flexibility index (Phi) is 75.3. The smallest absolute Gasteiger partial charge is 0.462 e. The lowest BCUT2D eigenvalue weighted by atomic mass is 9.99. The fraction of sp³-hybridized carbons (Fsp3) is 0.955. The van der Waals surface area contributed by atoms with Crippen LogP contribution in [0.2, 0.25) is 0 Å². The topological polar surface area (TPSA) is 237 Å². The van der Waals surface area contributed by atoms with Crippen molar-refractivity contribution in [3.8, 4) is 0 Å². The molecule has 636 valence electrons. The van der Waals surface area contributed by atoms with Crippen LogP contribution in [0.15, 0.2) is 0 Å². The predicted molar refractivity (Wildman–Crippen MR) is 441 cm³/mol. The molecule has 0 fully saturated rings. The SMILES string of the molecule is CCC(C)CCCCCCCCCCCCCCCCCCCCC(=O)O[C@H](COC(=O)CCCCCCCCCCCCCCC(C)C)COP(=O)(O)OCC(O)COP(=O)(O)OC[C@@H](COC(=O)CCCCCCCCC(C)C)OC(=O)CCCCCCCCCCCCCCCCCCCCC(C)C. The summed E-state index contributed by atoms with van der Waals surface area (Å²) >= 11 is 0. The van der Waals surface area contributed by atoms with Crippen LogP contribution in [0.25, 0.3) is 0 Å². The number of phosphoric ester groups is 2. The number of carbonyl (C=O) groups is 4. The highest BCUT2D eigenvalue weighted by molar-refractivity contribution is 7.47. The quantitative estimate of drug-likeness (QED) is 0.0222. The Hall–Kier alpha value is -1.94. The molecule has 0 aliphatic rings. The summed E-state index contributed by atoms with van der Waals surface area (Å²) in [5, 5.41) is 10.7. The van der Waals surface area contributed by atoms with Gasteiger partial charge in [-0.2, -0.15) is 0 Å². The van der Waals surface area contributed by atoms with Gasteiger partial charge in [-0.25, -0.2) is 9.13 Å². The first-order chi connectivity index (χ1) is 51.6. The highest BCUT2D eigenvalue weighted by atomic mass is 31.2. The second kappa shape index (κ2) is 76.7. The second-order valence-corrected chi connectivity index (χ2v) is 36.2. The number of rotatable bonds is 85. The molecule has 0 amide bonds. The molecular formula is C88H172O17P2. The Morgan fingerprint density at radius 2 is 0.449 bits per heavy atom.